The zero-order chi connectivity index (χ0) is 13.1. The topological polar surface area (TPSA) is 55.5 Å². The number of hydrogen-bond acceptors (Lipinski definition) is 3. The largest absolute Gasteiger partial charge is 0.399 e. The van der Waals surface area contributed by atoms with Crippen LogP contribution in [0.1, 0.15) is 37.7 Å². The van der Waals surface area contributed by atoms with Gasteiger partial charge in [-0.2, -0.15) is 0 Å². The van der Waals surface area contributed by atoms with E-state index >= 15 is 0 Å². The van der Waals surface area contributed by atoms with Gasteiger partial charge in [-0.1, -0.05) is 25.0 Å². The maximum absolute atomic E-state index is 8.63. The van der Waals surface area contributed by atoms with Crippen LogP contribution in [0, 0.1) is 0 Å². The molecule has 0 fully saturated rings. The van der Waals surface area contributed by atoms with E-state index in [1.54, 1.807) is 0 Å². The molecule has 3 nitrogen and oxygen atoms in total. The second kappa shape index (κ2) is 9.92. The van der Waals surface area contributed by atoms with Gasteiger partial charge in [0, 0.05) is 25.5 Å². The predicted molar refractivity (Wildman–Crippen MR) is 75.5 cm³/mol. The molecule has 0 atom stereocenters. The number of benzene rings is 1. The molecule has 0 aliphatic heterocycles. The molecule has 0 saturated heterocycles. The second-order valence-corrected chi connectivity index (χ2v) is 4.60. The fourth-order valence-electron chi connectivity index (χ4n) is 1.83. The van der Waals surface area contributed by atoms with Crippen LogP contribution in [0.2, 0.25) is 0 Å². The standard InChI is InChI=1S/C15H25NO2/c16-15-9-7-14(8-10-15)6-5-13-18-12-4-2-1-3-11-17/h7-10,17H,1-6,11-13,16H2. The lowest BCUT2D eigenvalue weighted by Gasteiger charge is -2.05. The number of nitrogens with two attached hydrogens (primary N) is 1. The van der Waals surface area contributed by atoms with Crippen LogP contribution in [0.3, 0.4) is 0 Å². The van der Waals surface area contributed by atoms with E-state index in [1.807, 2.05) is 12.1 Å². The van der Waals surface area contributed by atoms with E-state index in [-0.39, 0.29) is 0 Å². The van der Waals surface area contributed by atoms with E-state index in [9.17, 15) is 0 Å². The van der Waals surface area contributed by atoms with Crippen LogP contribution in [-0.2, 0) is 11.2 Å². The number of aliphatic hydroxyl groups is 1. The van der Waals surface area contributed by atoms with Crippen LogP contribution in [-0.4, -0.2) is 24.9 Å². The Morgan fingerprint density at radius 1 is 0.889 bits per heavy atom. The molecule has 0 amide bonds. The van der Waals surface area contributed by atoms with Crippen LogP contribution in [0.25, 0.3) is 0 Å². The minimum Gasteiger partial charge on any atom is -0.399 e. The molecule has 0 aliphatic rings. The van der Waals surface area contributed by atoms with Gasteiger partial charge in [-0.3, -0.25) is 0 Å². The lowest BCUT2D eigenvalue weighted by molar-refractivity contribution is 0.127. The molecule has 0 heterocycles. The maximum atomic E-state index is 8.63. The van der Waals surface area contributed by atoms with Crippen LogP contribution >= 0.6 is 0 Å². The summed E-state index contributed by atoms with van der Waals surface area (Å²) in [5, 5.41) is 8.63. The van der Waals surface area contributed by atoms with Gasteiger partial charge in [-0.15, -0.1) is 0 Å². The number of aryl methyl sites for hydroxylation is 1. The zero-order valence-electron chi connectivity index (χ0n) is 11.1. The number of ether oxygens (including phenoxy) is 1. The Kier molecular flexibility index (Phi) is 8.26. The molecule has 18 heavy (non-hydrogen) atoms. The van der Waals surface area contributed by atoms with Crippen molar-refractivity contribution in [3.05, 3.63) is 29.8 Å². The highest BCUT2D eigenvalue weighted by Gasteiger charge is 1.94. The zero-order valence-corrected chi connectivity index (χ0v) is 11.1. The molecule has 3 heteroatoms. The molecule has 102 valence electrons. The van der Waals surface area contributed by atoms with Gasteiger partial charge >= 0.3 is 0 Å². The maximum Gasteiger partial charge on any atom is 0.0469 e. The van der Waals surface area contributed by atoms with Gasteiger partial charge in [0.1, 0.15) is 0 Å². The Morgan fingerprint density at radius 3 is 2.28 bits per heavy atom. The van der Waals surface area contributed by atoms with E-state index in [1.165, 1.54) is 5.56 Å². The number of hydrogen-bond donors (Lipinski definition) is 2. The number of aliphatic hydroxyl groups excluding tert-OH is 1. The summed E-state index contributed by atoms with van der Waals surface area (Å²) >= 11 is 0. The van der Waals surface area contributed by atoms with Crippen molar-refractivity contribution in [2.45, 2.75) is 38.5 Å². The Bertz CT molecular complexity index is 298. The number of nitrogen functional groups attached to an aromatic ring is 1. The molecule has 0 aromatic heterocycles. The summed E-state index contributed by atoms with van der Waals surface area (Å²) in [4.78, 5) is 0. The molecular weight excluding hydrogens is 226 g/mol. The van der Waals surface area contributed by atoms with Crippen molar-refractivity contribution < 1.29 is 9.84 Å². The molecule has 3 N–H and O–H groups in total. The minimum absolute atomic E-state index is 0.308. The first-order valence-electron chi connectivity index (χ1n) is 6.86. The van der Waals surface area contributed by atoms with Gasteiger partial charge < -0.3 is 15.6 Å². The van der Waals surface area contributed by atoms with E-state index in [2.05, 4.69) is 12.1 Å². The molecule has 0 unspecified atom stereocenters. The lowest BCUT2D eigenvalue weighted by Crippen LogP contribution is -1.99. The molecule has 0 radical (unpaired) electrons. The smallest absolute Gasteiger partial charge is 0.0469 e. The van der Waals surface area contributed by atoms with Crippen LogP contribution in [0.15, 0.2) is 24.3 Å². The SMILES string of the molecule is Nc1ccc(CCCOCCCCCCO)cc1. The predicted octanol–water partition coefficient (Wildman–Crippen LogP) is 2.77. The Labute approximate surface area is 110 Å². The van der Waals surface area contributed by atoms with Gasteiger partial charge in [-0.25, -0.2) is 0 Å². The minimum atomic E-state index is 0.308. The highest BCUT2D eigenvalue weighted by atomic mass is 16.5. The summed E-state index contributed by atoms with van der Waals surface area (Å²) in [6.07, 6.45) is 6.37. The van der Waals surface area contributed by atoms with E-state index in [4.69, 9.17) is 15.6 Å². The van der Waals surface area contributed by atoms with Crippen molar-refractivity contribution >= 4 is 5.69 Å². The number of unbranched alkanes of at least 4 members (excludes halogenated alkanes) is 3. The summed E-state index contributed by atoms with van der Waals surface area (Å²) in [6, 6.07) is 8.03. The summed E-state index contributed by atoms with van der Waals surface area (Å²) in [6.45, 7) is 1.97. The summed E-state index contributed by atoms with van der Waals surface area (Å²) in [5.74, 6) is 0. The molecule has 0 aliphatic carbocycles. The van der Waals surface area contributed by atoms with Crippen molar-refractivity contribution in [1.82, 2.24) is 0 Å². The third-order valence-corrected chi connectivity index (χ3v) is 2.93. The van der Waals surface area contributed by atoms with Crippen LogP contribution in [0.5, 0.6) is 0 Å². The fourth-order valence-corrected chi connectivity index (χ4v) is 1.83. The Morgan fingerprint density at radius 2 is 1.56 bits per heavy atom. The van der Waals surface area contributed by atoms with Gasteiger partial charge in [0.05, 0.1) is 0 Å². The monoisotopic (exact) mass is 251 g/mol. The number of anilines is 1. The summed E-state index contributed by atoms with van der Waals surface area (Å²) in [7, 11) is 0. The highest BCUT2D eigenvalue weighted by molar-refractivity contribution is 5.39. The Hall–Kier alpha value is -1.06. The Balaban J connectivity index is 1.91. The van der Waals surface area contributed by atoms with Crippen LogP contribution in [0.4, 0.5) is 5.69 Å². The first-order valence-corrected chi connectivity index (χ1v) is 6.86. The number of rotatable bonds is 10. The quantitative estimate of drug-likeness (QED) is 0.496. The highest BCUT2D eigenvalue weighted by Crippen LogP contribution is 2.07. The van der Waals surface area contributed by atoms with Gasteiger partial charge in [-0.05, 0) is 43.4 Å². The molecule has 0 saturated carbocycles. The van der Waals surface area contributed by atoms with Crippen molar-refractivity contribution in [3.8, 4) is 0 Å². The van der Waals surface area contributed by atoms with Gasteiger partial charge in [0.15, 0.2) is 0 Å². The first kappa shape index (κ1) is 15.0. The van der Waals surface area contributed by atoms with Crippen molar-refractivity contribution in [2.24, 2.45) is 0 Å². The van der Waals surface area contributed by atoms with Gasteiger partial charge in [0.25, 0.3) is 0 Å². The first-order chi connectivity index (χ1) is 8.83. The summed E-state index contributed by atoms with van der Waals surface area (Å²) < 4.78 is 5.57. The second-order valence-electron chi connectivity index (χ2n) is 4.60. The summed E-state index contributed by atoms with van der Waals surface area (Å²) in [5.41, 5.74) is 7.76. The molecule has 1 rings (SSSR count). The third-order valence-electron chi connectivity index (χ3n) is 2.93. The van der Waals surface area contributed by atoms with E-state index < -0.39 is 0 Å². The molecular formula is C15H25NO2. The molecule has 1 aromatic rings. The van der Waals surface area contributed by atoms with Gasteiger partial charge in [0.2, 0.25) is 0 Å². The molecule has 0 spiro atoms. The van der Waals surface area contributed by atoms with Crippen molar-refractivity contribution in [2.75, 3.05) is 25.6 Å². The fraction of sp³-hybridized carbons (Fsp3) is 0.600. The van der Waals surface area contributed by atoms with Crippen molar-refractivity contribution in [3.63, 3.8) is 0 Å². The average molecular weight is 251 g/mol. The van der Waals surface area contributed by atoms with Crippen LogP contribution < -0.4 is 5.73 Å². The molecule has 0 bridgehead atoms. The molecule has 1 aromatic carbocycles. The van der Waals surface area contributed by atoms with Crippen molar-refractivity contribution in [1.29, 1.82) is 0 Å². The normalized spacial score (nSPS) is 10.7. The average Bonchev–Trinajstić information content (AvgIpc) is 2.39. The lowest BCUT2D eigenvalue weighted by atomic mass is 10.1. The van der Waals surface area contributed by atoms with E-state index in [0.717, 1.165) is 57.4 Å². The third kappa shape index (κ3) is 7.30. The van der Waals surface area contributed by atoms with E-state index in [0.29, 0.717) is 6.61 Å².